The maximum atomic E-state index is 13.7. The van der Waals surface area contributed by atoms with Crippen LogP contribution in [0.3, 0.4) is 0 Å². The van der Waals surface area contributed by atoms with E-state index in [9.17, 15) is 14.4 Å². The molecule has 0 saturated carbocycles. The number of nitrogens with zero attached hydrogens (tertiary/aromatic N) is 1. The van der Waals surface area contributed by atoms with E-state index in [1.165, 1.54) is 0 Å². The Morgan fingerprint density at radius 2 is 1.87 bits per heavy atom. The van der Waals surface area contributed by atoms with Gasteiger partial charge in [-0.1, -0.05) is 32.6 Å². The summed E-state index contributed by atoms with van der Waals surface area (Å²) in [4.78, 5) is 41.7. The van der Waals surface area contributed by atoms with Crippen LogP contribution in [0.4, 0.5) is 0 Å². The Kier molecular flexibility index (Phi) is 7.95. The highest BCUT2D eigenvalue weighted by molar-refractivity contribution is 8.02. The van der Waals surface area contributed by atoms with Gasteiger partial charge in [0.1, 0.15) is 6.04 Å². The summed E-state index contributed by atoms with van der Waals surface area (Å²) in [6.07, 6.45) is 8.13. The summed E-state index contributed by atoms with van der Waals surface area (Å²) in [6.45, 7) is 5.57. The van der Waals surface area contributed by atoms with Crippen LogP contribution in [0.5, 0.6) is 0 Å². The Labute approximate surface area is 190 Å². The lowest BCUT2D eigenvalue weighted by atomic mass is 9.66. The average Bonchev–Trinajstić information content (AvgIpc) is 3.31. The molecule has 3 saturated heterocycles. The number of thioether (sulfide) groups is 1. The fourth-order valence-corrected chi connectivity index (χ4v) is 8.31. The Morgan fingerprint density at radius 3 is 2.55 bits per heavy atom. The summed E-state index contributed by atoms with van der Waals surface area (Å²) < 4.78 is -0.808. The molecule has 1 spiro atoms. The number of nitrogens with one attached hydrogen (secondary N) is 2. The van der Waals surface area contributed by atoms with E-state index in [0.717, 1.165) is 57.8 Å². The van der Waals surface area contributed by atoms with Crippen LogP contribution < -0.4 is 10.6 Å². The quantitative estimate of drug-likeness (QED) is 0.393. The first-order valence-electron chi connectivity index (χ1n) is 12.0. The summed E-state index contributed by atoms with van der Waals surface area (Å²) in [5.74, 6) is -0.989. The molecule has 5 atom stereocenters. The number of rotatable bonds is 12. The second-order valence-corrected chi connectivity index (χ2v) is 11.4. The molecule has 3 aliphatic rings. The van der Waals surface area contributed by atoms with Gasteiger partial charge in [0, 0.05) is 31.5 Å². The van der Waals surface area contributed by atoms with Crippen LogP contribution in [0.15, 0.2) is 0 Å². The predicted octanol–water partition coefficient (Wildman–Crippen LogP) is 2.07. The minimum absolute atomic E-state index is 0.0274. The second-order valence-electron chi connectivity index (χ2n) is 9.51. The van der Waals surface area contributed by atoms with Gasteiger partial charge < -0.3 is 20.6 Å². The van der Waals surface area contributed by atoms with Crippen molar-refractivity contribution < 1.29 is 19.5 Å². The number of hydrogen-bond acceptors (Lipinski definition) is 5. The van der Waals surface area contributed by atoms with E-state index in [0.29, 0.717) is 13.1 Å². The minimum atomic E-state index is -0.511. The second kappa shape index (κ2) is 10.1. The van der Waals surface area contributed by atoms with Crippen molar-refractivity contribution in [3.8, 4) is 0 Å². The van der Waals surface area contributed by atoms with Gasteiger partial charge in [-0.2, -0.15) is 0 Å². The molecule has 3 heterocycles. The highest BCUT2D eigenvalue weighted by Gasteiger charge is 2.76. The number of carbonyl (C=O) groups excluding carboxylic acids is 3. The molecule has 176 valence electrons. The van der Waals surface area contributed by atoms with Gasteiger partial charge in [-0.25, -0.2) is 0 Å². The highest BCUT2D eigenvalue weighted by atomic mass is 32.2. The summed E-state index contributed by atoms with van der Waals surface area (Å²) in [7, 11) is 1.63. The van der Waals surface area contributed by atoms with E-state index >= 15 is 0 Å². The van der Waals surface area contributed by atoms with Gasteiger partial charge in [-0.05, 0) is 39.0 Å². The molecule has 3 aliphatic heterocycles. The first-order chi connectivity index (χ1) is 14.9. The van der Waals surface area contributed by atoms with Crippen molar-refractivity contribution in [2.75, 3.05) is 26.7 Å². The fraction of sp³-hybridized carbons (Fsp3) is 0.870. The molecule has 0 aromatic heterocycles. The van der Waals surface area contributed by atoms with Crippen molar-refractivity contribution in [2.45, 2.75) is 87.2 Å². The minimum Gasteiger partial charge on any atom is -0.396 e. The number of aliphatic hydroxyl groups is 1. The van der Waals surface area contributed by atoms with Crippen molar-refractivity contribution in [1.82, 2.24) is 15.5 Å². The number of amides is 3. The van der Waals surface area contributed by atoms with Crippen LogP contribution >= 0.6 is 11.8 Å². The smallest absolute Gasteiger partial charge is 0.244 e. The van der Waals surface area contributed by atoms with E-state index in [1.54, 1.807) is 23.7 Å². The van der Waals surface area contributed by atoms with Crippen LogP contribution in [-0.2, 0) is 14.4 Å². The Morgan fingerprint density at radius 1 is 1.13 bits per heavy atom. The molecule has 8 heteroatoms. The zero-order chi connectivity index (χ0) is 22.6. The van der Waals surface area contributed by atoms with E-state index < -0.39 is 22.6 Å². The summed E-state index contributed by atoms with van der Waals surface area (Å²) in [5, 5.41) is 14.9. The number of likely N-dealkylation sites (tertiary alicyclic amines) is 1. The Balaban J connectivity index is 1.83. The van der Waals surface area contributed by atoms with Crippen molar-refractivity contribution in [1.29, 1.82) is 0 Å². The van der Waals surface area contributed by atoms with Gasteiger partial charge in [0.25, 0.3) is 0 Å². The molecule has 3 fully saturated rings. The Bertz CT molecular complexity index is 690. The standard InChI is InChI=1S/C23H39N3O4S/c1-4-5-8-13-25-20(29)18-23-12-11-22(2,31-23)16(19(28)24-3)17(23)21(30)26(18)14-9-6-7-10-15-27/h16-18,27H,4-15H2,1-3H3,(H,24,28)(H,25,29)/t16-,17+,18?,22+,23?/m1/s1. The zero-order valence-corrected chi connectivity index (χ0v) is 20.1. The Hall–Kier alpha value is -1.28. The van der Waals surface area contributed by atoms with Gasteiger partial charge in [0.2, 0.25) is 17.7 Å². The molecule has 0 radical (unpaired) electrons. The number of hydrogen-bond donors (Lipinski definition) is 3. The third kappa shape index (κ3) is 4.34. The van der Waals surface area contributed by atoms with Crippen LogP contribution in [0.2, 0.25) is 0 Å². The lowest BCUT2D eigenvalue weighted by Gasteiger charge is -2.34. The van der Waals surface area contributed by atoms with E-state index in [2.05, 4.69) is 24.5 Å². The predicted molar refractivity (Wildman–Crippen MR) is 123 cm³/mol. The molecule has 7 nitrogen and oxygen atoms in total. The molecular formula is C23H39N3O4S. The fourth-order valence-electron chi connectivity index (χ4n) is 5.95. The third-order valence-electron chi connectivity index (χ3n) is 7.44. The van der Waals surface area contributed by atoms with Crippen molar-refractivity contribution in [3.63, 3.8) is 0 Å². The monoisotopic (exact) mass is 453 g/mol. The number of aliphatic hydroxyl groups excluding tert-OH is 1. The van der Waals surface area contributed by atoms with E-state index in [4.69, 9.17) is 5.11 Å². The van der Waals surface area contributed by atoms with Gasteiger partial charge in [-0.3, -0.25) is 14.4 Å². The van der Waals surface area contributed by atoms with Gasteiger partial charge in [0.15, 0.2) is 0 Å². The van der Waals surface area contributed by atoms with E-state index in [1.807, 2.05) is 0 Å². The molecule has 3 amide bonds. The summed E-state index contributed by atoms with van der Waals surface area (Å²) in [5.41, 5.74) is 0. The lowest BCUT2D eigenvalue weighted by Crippen LogP contribution is -2.54. The van der Waals surface area contributed by atoms with Crippen LogP contribution in [0.1, 0.15) is 71.6 Å². The molecule has 3 N–H and O–H groups in total. The number of unbranched alkanes of at least 4 members (excludes halogenated alkanes) is 5. The molecule has 0 aromatic carbocycles. The van der Waals surface area contributed by atoms with Gasteiger partial charge in [-0.15, -0.1) is 11.8 Å². The lowest BCUT2D eigenvalue weighted by molar-refractivity contribution is -0.140. The molecule has 2 bridgehead atoms. The summed E-state index contributed by atoms with van der Waals surface area (Å²) in [6, 6.07) is -0.508. The molecule has 2 unspecified atom stereocenters. The van der Waals surface area contributed by atoms with Crippen molar-refractivity contribution >= 4 is 29.5 Å². The topological polar surface area (TPSA) is 98.7 Å². The zero-order valence-electron chi connectivity index (χ0n) is 19.2. The van der Waals surface area contributed by atoms with E-state index in [-0.39, 0.29) is 29.1 Å². The normalized spacial score (nSPS) is 33.6. The maximum Gasteiger partial charge on any atom is 0.244 e. The van der Waals surface area contributed by atoms with Crippen LogP contribution in [0, 0.1) is 11.8 Å². The van der Waals surface area contributed by atoms with Crippen molar-refractivity contribution in [3.05, 3.63) is 0 Å². The summed E-state index contributed by atoms with van der Waals surface area (Å²) >= 11 is 1.72. The first-order valence-corrected chi connectivity index (χ1v) is 12.8. The molecule has 31 heavy (non-hydrogen) atoms. The number of carbonyl (C=O) groups is 3. The van der Waals surface area contributed by atoms with Crippen molar-refractivity contribution in [2.24, 2.45) is 11.8 Å². The SMILES string of the molecule is CCCCCNC(=O)C1N(CCCCCCO)C(=O)[C@@H]2[C@H](C(=O)NC)[C@]3(C)CCC12S3. The molecular weight excluding hydrogens is 414 g/mol. The largest absolute Gasteiger partial charge is 0.396 e. The van der Waals surface area contributed by atoms with Gasteiger partial charge in [0.05, 0.1) is 16.6 Å². The molecule has 0 aliphatic carbocycles. The van der Waals surface area contributed by atoms with Gasteiger partial charge >= 0.3 is 0 Å². The van der Waals surface area contributed by atoms with Crippen LogP contribution in [0.25, 0.3) is 0 Å². The molecule has 3 rings (SSSR count). The first kappa shape index (κ1) is 24.4. The maximum absolute atomic E-state index is 13.7. The third-order valence-corrected chi connectivity index (χ3v) is 9.43. The highest BCUT2D eigenvalue weighted by Crippen LogP contribution is 2.71. The molecule has 0 aromatic rings. The number of fused-ring (bicyclic) bond motifs is 1. The van der Waals surface area contributed by atoms with Crippen LogP contribution in [-0.4, -0.2) is 70.0 Å². The average molecular weight is 454 g/mol.